The van der Waals surface area contributed by atoms with Crippen LogP contribution in [0.25, 0.3) is 5.57 Å². The van der Waals surface area contributed by atoms with E-state index in [1.54, 1.807) is 6.08 Å². The Hall–Kier alpha value is -3.71. The Morgan fingerprint density at radius 3 is 2.42 bits per heavy atom. The van der Waals surface area contributed by atoms with Crippen molar-refractivity contribution in [1.29, 1.82) is 0 Å². The van der Waals surface area contributed by atoms with Crippen molar-refractivity contribution in [3.63, 3.8) is 0 Å². The maximum atomic E-state index is 13.0. The summed E-state index contributed by atoms with van der Waals surface area (Å²) >= 11 is 0. The molecular formula is C35H33F. The highest BCUT2D eigenvalue weighted by molar-refractivity contribution is 5.91. The average molecular weight is 473 g/mol. The molecule has 2 aliphatic rings. The Morgan fingerprint density at radius 1 is 0.917 bits per heavy atom. The molecule has 0 bridgehead atoms. The van der Waals surface area contributed by atoms with Crippen molar-refractivity contribution in [2.45, 2.75) is 45.4 Å². The smallest absolute Gasteiger partial charge is 0.0869 e. The van der Waals surface area contributed by atoms with Crippen LogP contribution < -0.4 is 0 Å². The molecule has 0 saturated heterocycles. The summed E-state index contributed by atoms with van der Waals surface area (Å²) in [6.45, 7) is 6.45. The second kappa shape index (κ2) is 10.1. The third-order valence-corrected chi connectivity index (χ3v) is 7.68. The summed E-state index contributed by atoms with van der Waals surface area (Å²) in [6.07, 6.45) is 15.5. The molecule has 0 N–H and O–H groups in total. The molecule has 0 spiro atoms. The third-order valence-electron chi connectivity index (χ3n) is 7.68. The van der Waals surface area contributed by atoms with E-state index in [0.717, 1.165) is 18.4 Å². The molecule has 0 radical (unpaired) electrons. The lowest BCUT2D eigenvalue weighted by Gasteiger charge is -2.38. The average Bonchev–Trinajstić information content (AvgIpc) is 3.19. The SMILES string of the molecule is C\C=C/C=C(\C=C\F)Cc1ccc(C2(c3ccccc3C)C3=C(C=CCC3)c3ccccc32)c(C)c1. The molecule has 0 heterocycles. The molecule has 1 heteroatoms. The van der Waals surface area contributed by atoms with Crippen molar-refractivity contribution < 1.29 is 4.39 Å². The molecule has 1 atom stereocenters. The summed E-state index contributed by atoms with van der Waals surface area (Å²) in [4.78, 5) is 0. The summed E-state index contributed by atoms with van der Waals surface area (Å²) in [5, 5.41) is 0. The van der Waals surface area contributed by atoms with Gasteiger partial charge in [0.1, 0.15) is 0 Å². The summed E-state index contributed by atoms with van der Waals surface area (Å²) in [6, 6.07) is 24.7. The molecular weight excluding hydrogens is 439 g/mol. The number of hydrogen-bond acceptors (Lipinski definition) is 0. The summed E-state index contributed by atoms with van der Waals surface area (Å²) in [7, 11) is 0. The normalized spacial score (nSPS) is 19.4. The lowest BCUT2D eigenvalue weighted by atomic mass is 9.63. The fourth-order valence-corrected chi connectivity index (χ4v) is 6.23. The molecule has 0 amide bonds. The fourth-order valence-electron chi connectivity index (χ4n) is 6.23. The predicted octanol–water partition coefficient (Wildman–Crippen LogP) is 9.28. The van der Waals surface area contributed by atoms with E-state index in [-0.39, 0.29) is 5.41 Å². The van der Waals surface area contributed by atoms with E-state index < -0.39 is 0 Å². The maximum absolute atomic E-state index is 13.0. The van der Waals surface area contributed by atoms with Crippen LogP contribution in [0.2, 0.25) is 0 Å². The third kappa shape index (κ3) is 3.93. The first-order valence-corrected chi connectivity index (χ1v) is 12.9. The zero-order chi connectivity index (χ0) is 25.1. The molecule has 0 aromatic heterocycles. The van der Waals surface area contributed by atoms with Gasteiger partial charge in [-0.2, -0.15) is 0 Å². The summed E-state index contributed by atoms with van der Waals surface area (Å²) < 4.78 is 13.0. The zero-order valence-electron chi connectivity index (χ0n) is 21.4. The van der Waals surface area contributed by atoms with Gasteiger partial charge in [-0.1, -0.05) is 97.1 Å². The highest BCUT2D eigenvalue weighted by atomic mass is 19.1. The molecule has 36 heavy (non-hydrogen) atoms. The lowest BCUT2D eigenvalue weighted by molar-refractivity contribution is 0.686. The molecule has 0 nitrogen and oxygen atoms in total. The van der Waals surface area contributed by atoms with Gasteiger partial charge in [-0.05, 0) is 102 Å². The van der Waals surface area contributed by atoms with Crippen LogP contribution in [0.5, 0.6) is 0 Å². The van der Waals surface area contributed by atoms with Crippen LogP contribution in [0.3, 0.4) is 0 Å². The number of aryl methyl sites for hydroxylation is 2. The Kier molecular flexibility index (Phi) is 6.74. The number of benzene rings is 3. The van der Waals surface area contributed by atoms with Crippen molar-refractivity contribution >= 4 is 5.57 Å². The van der Waals surface area contributed by atoms with Gasteiger partial charge in [0, 0.05) is 0 Å². The number of halogens is 1. The summed E-state index contributed by atoms with van der Waals surface area (Å²) in [5.74, 6) is 0. The molecule has 2 aliphatic carbocycles. The van der Waals surface area contributed by atoms with Crippen LogP contribution in [0.15, 0.2) is 121 Å². The van der Waals surface area contributed by atoms with E-state index in [0.29, 0.717) is 12.8 Å². The minimum absolute atomic E-state index is 0.312. The Balaban J connectivity index is 1.74. The lowest BCUT2D eigenvalue weighted by Crippen LogP contribution is -2.32. The maximum Gasteiger partial charge on any atom is 0.0869 e. The first-order chi connectivity index (χ1) is 17.6. The van der Waals surface area contributed by atoms with Crippen LogP contribution in [0.4, 0.5) is 4.39 Å². The van der Waals surface area contributed by atoms with Gasteiger partial charge >= 0.3 is 0 Å². The first-order valence-electron chi connectivity index (χ1n) is 12.9. The van der Waals surface area contributed by atoms with Crippen LogP contribution in [-0.4, -0.2) is 0 Å². The molecule has 3 aromatic carbocycles. The molecule has 5 rings (SSSR count). The number of allylic oxidation sites excluding steroid dienone is 9. The van der Waals surface area contributed by atoms with Crippen molar-refractivity contribution in [1.82, 2.24) is 0 Å². The molecule has 1 unspecified atom stereocenters. The first kappa shape index (κ1) is 24.0. The topological polar surface area (TPSA) is 0 Å². The van der Waals surface area contributed by atoms with E-state index in [1.807, 2.05) is 25.2 Å². The van der Waals surface area contributed by atoms with Gasteiger partial charge in [-0.25, -0.2) is 4.39 Å². The van der Waals surface area contributed by atoms with E-state index in [4.69, 9.17) is 0 Å². The van der Waals surface area contributed by atoms with E-state index in [2.05, 4.69) is 92.7 Å². The number of hydrogen-bond donors (Lipinski definition) is 0. The highest BCUT2D eigenvalue weighted by Crippen LogP contribution is 2.58. The van der Waals surface area contributed by atoms with Gasteiger partial charge in [-0.15, -0.1) is 0 Å². The van der Waals surface area contributed by atoms with E-state index in [1.165, 1.54) is 50.1 Å². The zero-order valence-corrected chi connectivity index (χ0v) is 21.4. The molecule has 180 valence electrons. The van der Waals surface area contributed by atoms with Crippen molar-refractivity contribution in [2.24, 2.45) is 0 Å². The second-order valence-electron chi connectivity index (χ2n) is 9.83. The van der Waals surface area contributed by atoms with Gasteiger partial charge < -0.3 is 0 Å². The van der Waals surface area contributed by atoms with Crippen LogP contribution in [-0.2, 0) is 11.8 Å². The minimum atomic E-state index is -0.312. The number of fused-ring (bicyclic) bond motifs is 2. The Morgan fingerprint density at radius 2 is 1.67 bits per heavy atom. The molecule has 0 saturated carbocycles. The van der Waals surface area contributed by atoms with Crippen molar-refractivity contribution in [2.75, 3.05) is 0 Å². The van der Waals surface area contributed by atoms with E-state index >= 15 is 0 Å². The molecule has 0 aliphatic heterocycles. The van der Waals surface area contributed by atoms with Gasteiger partial charge in [-0.3, -0.25) is 0 Å². The highest BCUT2D eigenvalue weighted by Gasteiger charge is 2.48. The van der Waals surface area contributed by atoms with Crippen LogP contribution >= 0.6 is 0 Å². The predicted molar refractivity (Wildman–Crippen MR) is 151 cm³/mol. The van der Waals surface area contributed by atoms with Crippen LogP contribution in [0.1, 0.15) is 58.7 Å². The standard InChI is InChI=1S/C35H33F/c1-4-5-13-27(21-22-36)24-28-19-20-32(26(3)23-28)35(31-16-9-6-12-25(31)2)33-17-10-7-14-29(33)30-15-8-11-18-34(30)35/h4-10,12-17,19-23H,11,18,24H2,1-3H3/b5-4-,22-21+,27-13+. The largest absolute Gasteiger partial charge is 0.216 e. The van der Waals surface area contributed by atoms with Gasteiger partial charge in [0.25, 0.3) is 0 Å². The summed E-state index contributed by atoms with van der Waals surface area (Å²) in [5.41, 5.74) is 12.7. The van der Waals surface area contributed by atoms with E-state index in [9.17, 15) is 4.39 Å². The van der Waals surface area contributed by atoms with Gasteiger partial charge in [0.15, 0.2) is 0 Å². The van der Waals surface area contributed by atoms with Gasteiger partial charge in [0.05, 0.1) is 11.7 Å². The minimum Gasteiger partial charge on any atom is -0.216 e. The Bertz CT molecular complexity index is 1440. The quantitative estimate of drug-likeness (QED) is 0.314. The fraction of sp³-hybridized carbons (Fsp3) is 0.200. The van der Waals surface area contributed by atoms with Crippen LogP contribution in [0, 0.1) is 13.8 Å². The Labute approximate surface area is 214 Å². The van der Waals surface area contributed by atoms with Crippen molar-refractivity contribution in [3.05, 3.63) is 160 Å². The second-order valence-corrected chi connectivity index (χ2v) is 9.83. The van der Waals surface area contributed by atoms with Gasteiger partial charge in [0.2, 0.25) is 0 Å². The molecule has 0 fully saturated rings. The molecule has 3 aromatic rings. The monoisotopic (exact) mass is 472 g/mol. The van der Waals surface area contributed by atoms with Crippen molar-refractivity contribution in [3.8, 4) is 0 Å². The number of rotatable bonds is 6.